The van der Waals surface area contributed by atoms with E-state index in [1.54, 1.807) is 0 Å². The van der Waals surface area contributed by atoms with E-state index in [-0.39, 0.29) is 12.7 Å². The summed E-state index contributed by atoms with van der Waals surface area (Å²) < 4.78 is 52.5. The molecule has 0 bridgehead atoms. The molecule has 2 fully saturated rings. The van der Waals surface area contributed by atoms with E-state index in [0.29, 0.717) is 26.0 Å². The molecular weight excluding hydrogens is 575 g/mol. The molecule has 7 nitrogen and oxygen atoms in total. The topological polar surface area (TPSA) is 72.5 Å². The lowest BCUT2D eigenvalue weighted by Crippen LogP contribution is -2.62. The minimum Gasteiger partial charge on any atom is -0.374 e. The molecule has 0 radical (unpaired) electrons. The van der Waals surface area contributed by atoms with Gasteiger partial charge in [0, 0.05) is 6.16 Å². The van der Waals surface area contributed by atoms with Gasteiger partial charge in [0.1, 0.15) is 24.4 Å². The molecule has 6 atom stereocenters. The van der Waals surface area contributed by atoms with Crippen molar-refractivity contribution >= 4 is 8.03 Å². The zero-order valence-electron chi connectivity index (χ0n) is 25.8. The van der Waals surface area contributed by atoms with Crippen LogP contribution in [0, 0.1) is 0 Å². The largest absolute Gasteiger partial charge is 0.374 e. The monoisotopic (exact) mass is 622 g/mol. The van der Waals surface area contributed by atoms with E-state index in [2.05, 4.69) is 0 Å². The fourth-order valence-electron chi connectivity index (χ4n) is 5.84. The summed E-state index contributed by atoms with van der Waals surface area (Å²) in [5.74, 6) is 0. The van der Waals surface area contributed by atoms with Gasteiger partial charge in [-0.05, 0) is 36.0 Å². The first kappa shape index (κ1) is 33.0. The number of ether oxygens (including phenoxy) is 5. The lowest BCUT2D eigenvalue weighted by Gasteiger charge is -2.46. The van der Waals surface area contributed by atoms with Gasteiger partial charge in [0.25, 0.3) is 0 Å². The molecule has 2 aliphatic rings. The van der Waals surface area contributed by atoms with Crippen LogP contribution < -0.4 is 0 Å². The molecule has 0 amide bonds. The Morgan fingerprint density at radius 2 is 1.25 bits per heavy atom. The highest BCUT2D eigenvalue weighted by atomic mass is 31.1. The van der Waals surface area contributed by atoms with Crippen LogP contribution in [0.1, 0.15) is 62.1 Å². The van der Waals surface area contributed by atoms with E-state index in [1.165, 1.54) is 6.42 Å². The lowest BCUT2D eigenvalue weighted by molar-refractivity contribution is -0.323. The maximum absolute atomic E-state index is 13.2. The molecule has 1 unspecified atom stereocenters. The Balaban J connectivity index is 1.43. The number of rotatable bonds is 16. The molecule has 8 heteroatoms. The number of hydrogen-bond donors (Lipinski definition) is 0. The Labute approximate surface area is 263 Å². The number of benzene rings is 3. The van der Waals surface area contributed by atoms with Gasteiger partial charge in [-0.1, -0.05) is 117 Å². The molecular formula is C36H47O7P. The Morgan fingerprint density at radius 1 is 0.705 bits per heavy atom. The van der Waals surface area contributed by atoms with Crippen LogP contribution in [0.5, 0.6) is 0 Å². The van der Waals surface area contributed by atoms with Crippen LogP contribution in [0.4, 0.5) is 0 Å². The molecule has 1 aliphatic carbocycles. The smallest absolute Gasteiger partial charge is 0.192 e. The maximum Gasteiger partial charge on any atom is 0.192 e. The van der Waals surface area contributed by atoms with Gasteiger partial charge in [0.15, 0.2) is 14.3 Å². The Morgan fingerprint density at radius 3 is 1.82 bits per heavy atom. The first-order valence-electron chi connectivity index (χ1n) is 16.1. The minimum absolute atomic E-state index is 0.0517. The molecule has 1 saturated heterocycles. The van der Waals surface area contributed by atoms with Crippen LogP contribution in [-0.4, -0.2) is 49.6 Å². The van der Waals surface area contributed by atoms with Crippen LogP contribution in [0.2, 0.25) is 0 Å². The van der Waals surface area contributed by atoms with Crippen LogP contribution >= 0.6 is 8.03 Å². The average Bonchev–Trinajstić information content (AvgIpc) is 3.06. The van der Waals surface area contributed by atoms with Gasteiger partial charge in [0.2, 0.25) is 0 Å². The molecule has 1 aliphatic heterocycles. The summed E-state index contributed by atoms with van der Waals surface area (Å²) in [5, 5.41) is 0. The van der Waals surface area contributed by atoms with E-state index in [4.69, 9.17) is 28.2 Å². The van der Waals surface area contributed by atoms with E-state index >= 15 is 0 Å². The molecule has 44 heavy (non-hydrogen) atoms. The molecule has 238 valence electrons. The van der Waals surface area contributed by atoms with E-state index in [0.717, 1.165) is 48.8 Å². The summed E-state index contributed by atoms with van der Waals surface area (Å²) in [4.78, 5) is 0. The van der Waals surface area contributed by atoms with Gasteiger partial charge in [-0.2, -0.15) is 0 Å². The molecule has 3 aromatic rings. The predicted molar refractivity (Wildman–Crippen MR) is 172 cm³/mol. The van der Waals surface area contributed by atoms with E-state index in [1.807, 2.05) is 97.9 Å². The summed E-state index contributed by atoms with van der Waals surface area (Å²) in [7, 11) is -2.36. The highest BCUT2D eigenvalue weighted by Gasteiger charge is 2.50. The fraction of sp³-hybridized carbons (Fsp3) is 0.500. The zero-order valence-corrected chi connectivity index (χ0v) is 26.8. The van der Waals surface area contributed by atoms with Crippen LogP contribution in [0.15, 0.2) is 91.0 Å². The average molecular weight is 623 g/mol. The Hall–Kier alpha value is -2.35. The summed E-state index contributed by atoms with van der Waals surface area (Å²) in [6.07, 6.45) is 3.57. The number of hydrogen-bond acceptors (Lipinski definition) is 7. The van der Waals surface area contributed by atoms with Crippen molar-refractivity contribution < 1.29 is 32.8 Å². The van der Waals surface area contributed by atoms with Crippen molar-refractivity contribution in [3.63, 3.8) is 0 Å². The minimum atomic E-state index is -2.36. The SMILES string of the molecule is CCC[PH](=O)O[C@H]1[C@@H](OC2CCCCC2)O[C@H](COCc2ccccc2)[C@@H](OCc2ccccc2)[C@@H]1OCc1ccccc1. The van der Waals surface area contributed by atoms with Gasteiger partial charge in [-0.3, -0.25) is 4.57 Å². The quantitative estimate of drug-likeness (QED) is 0.152. The van der Waals surface area contributed by atoms with Crippen molar-refractivity contribution in [1.82, 2.24) is 0 Å². The first-order valence-corrected chi connectivity index (χ1v) is 17.6. The van der Waals surface area contributed by atoms with Crippen LogP contribution in [0.25, 0.3) is 0 Å². The predicted octanol–water partition coefficient (Wildman–Crippen LogP) is 7.72. The van der Waals surface area contributed by atoms with Crippen molar-refractivity contribution in [3.05, 3.63) is 108 Å². The van der Waals surface area contributed by atoms with Crippen molar-refractivity contribution in [2.45, 2.75) is 102 Å². The van der Waals surface area contributed by atoms with E-state index in [9.17, 15) is 4.57 Å². The molecule has 3 aromatic carbocycles. The van der Waals surface area contributed by atoms with Gasteiger partial charge < -0.3 is 28.2 Å². The Kier molecular flexibility index (Phi) is 13.5. The van der Waals surface area contributed by atoms with Gasteiger partial charge >= 0.3 is 0 Å². The molecule has 1 saturated carbocycles. The van der Waals surface area contributed by atoms with Crippen molar-refractivity contribution in [3.8, 4) is 0 Å². The third kappa shape index (κ3) is 10.1. The van der Waals surface area contributed by atoms with Crippen molar-refractivity contribution in [2.24, 2.45) is 0 Å². The third-order valence-electron chi connectivity index (χ3n) is 8.16. The second-order valence-electron chi connectivity index (χ2n) is 11.7. The molecule has 0 spiro atoms. The Bertz CT molecular complexity index is 1220. The summed E-state index contributed by atoms with van der Waals surface area (Å²) >= 11 is 0. The van der Waals surface area contributed by atoms with Gasteiger partial charge in [-0.25, -0.2) is 0 Å². The highest BCUT2D eigenvalue weighted by molar-refractivity contribution is 7.39. The standard InChI is InChI=1S/C36H47O7P/c1-2-23-44(37)43-35-34(40-26-30-19-11-5-12-20-30)33(39-25-29-17-9-4-10-18-29)32(27-38-24-28-15-7-3-8-16-28)42-36(35)41-31-21-13-6-14-22-31/h3-5,7-12,15-20,31-36,44H,2,6,13-14,21-27H2,1H3/t32-,33-,34+,35-,36+/m1/s1. The second kappa shape index (κ2) is 18.0. The molecule has 5 rings (SSSR count). The molecule has 0 N–H and O–H groups in total. The summed E-state index contributed by atoms with van der Waals surface area (Å²) in [6, 6.07) is 30.2. The molecule has 1 heterocycles. The van der Waals surface area contributed by atoms with Crippen LogP contribution in [-0.2, 0) is 52.6 Å². The third-order valence-corrected chi connectivity index (χ3v) is 9.60. The lowest BCUT2D eigenvalue weighted by atomic mass is 9.96. The summed E-state index contributed by atoms with van der Waals surface area (Å²) in [5.41, 5.74) is 3.15. The van der Waals surface area contributed by atoms with Gasteiger partial charge in [-0.15, -0.1) is 0 Å². The molecule has 0 aromatic heterocycles. The van der Waals surface area contributed by atoms with Gasteiger partial charge in [0.05, 0.1) is 32.5 Å². The fourth-order valence-corrected chi connectivity index (χ4v) is 6.92. The summed E-state index contributed by atoms with van der Waals surface area (Å²) in [6.45, 7) is 3.44. The van der Waals surface area contributed by atoms with Crippen LogP contribution in [0.3, 0.4) is 0 Å². The highest BCUT2D eigenvalue weighted by Crippen LogP contribution is 2.38. The van der Waals surface area contributed by atoms with Crippen molar-refractivity contribution in [2.75, 3.05) is 12.8 Å². The first-order chi connectivity index (χ1) is 21.7. The normalized spacial score (nSPS) is 25.1. The van der Waals surface area contributed by atoms with Crippen molar-refractivity contribution in [1.29, 1.82) is 0 Å². The zero-order chi connectivity index (χ0) is 30.4. The van der Waals surface area contributed by atoms with E-state index < -0.39 is 38.7 Å². The maximum atomic E-state index is 13.2. The second-order valence-corrected chi connectivity index (χ2v) is 13.1.